The van der Waals surface area contributed by atoms with E-state index in [9.17, 15) is 20.0 Å². The van der Waals surface area contributed by atoms with E-state index >= 15 is 0 Å². The molecule has 9 heteroatoms. The summed E-state index contributed by atoms with van der Waals surface area (Å²) >= 11 is 4.25. The largest absolute Gasteiger partial charge is 0.503 e. The normalized spacial score (nSPS) is 17.2. The molecule has 126 valence electrons. The van der Waals surface area contributed by atoms with E-state index in [2.05, 4.69) is 27.3 Å². The van der Waals surface area contributed by atoms with Crippen LogP contribution in [0.15, 0.2) is 27.2 Å². The molecule has 0 saturated carbocycles. The fraction of sp³-hybridized carbons (Fsp3) is 0.267. The van der Waals surface area contributed by atoms with Crippen molar-refractivity contribution >= 4 is 39.5 Å². The number of phenolic OH excluding ortho intramolecular Hbond substituents is 1. The highest BCUT2D eigenvalue weighted by Crippen LogP contribution is 2.42. The Labute approximate surface area is 151 Å². The van der Waals surface area contributed by atoms with Crippen molar-refractivity contribution in [2.24, 2.45) is 5.73 Å². The second-order valence-electron chi connectivity index (χ2n) is 4.97. The van der Waals surface area contributed by atoms with Gasteiger partial charge in [-0.15, -0.1) is 0 Å². The fourth-order valence-electron chi connectivity index (χ4n) is 2.31. The lowest BCUT2D eigenvalue weighted by atomic mass is 9.87. The Hall–Kier alpha value is -2.18. The lowest BCUT2D eigenvalue weighted by molar-refractivity contribution is -0.121. The van der Waals surface area contributed by atoms with Crippen LogP contribution in [0.25, 0.3) is 0 Å². The van der Waals surface area contributed by atoms with E-state index in [0.29, 0.717) is 20.6 Å². The Morgan fingerprint density at radius 2 is 2.33 bits per heavy atom. The number of aromatic hydroxyl groups is 1. The van der Waals surface area contributed by atoms with E-state index in [4.69, 9.17) is 10.5 Å². The van der Waals surface area contributed by atoms with Gasteiger partial charge in [-0.3, -0.25) is 9.59 Å². The second kappa shape index (κ2) is 7.59. The molecular formula is C15H14BrN3O4S. The molecule has 1 aliphatic heterocycles. The Morgan fingerprint density at radius 1 is 1.62 bits per heavy atom. The molecule has 1 heterocycles. The Balaban J connectivity index is 2.49. The van der Waals surface area contributed by atoms with Crippen LogP contribution in [0.5, 0.6) is 11.5 Å². The molecule has 0 saturated heterocycles. The van der Waals surface area contributed by atoms with Crippen molar-refractivity contribution in [3.05, 3.63) is 32.8 Å². The van der Waals surface area contributed by atoms with Gasteiger partial charge in [0.2, 0.25) is 11.8 Å². The average Bonchev–Trinajstić information content (AvgIpc) is 2.54. The fourth-order valence-corrected chi connectivity index (χ4v) is 3.59. The number of thioether (sulfide) groups is 1. The number of nitrogens with two attached hydrogens (primary N) is 1. The molecular weight excluding hydrogens is 398 g/mol. The van der Waals surface area contributed by atoms with Crippen LogP contribution in [-0.4, -0.2) is 29.8 Å². The third kappa shape index (κ3) is 3.83. The minimum atomic E-state index is -0.546. The zero-order chi connectivity index (χ0) is 17.9. The first-order valence-electron chi connectivity index (χ1n) is 6.79. The van der Waals surface area contributed by atoms with Gasteiger partial charge in [0.15, 0.2) is 11.5 Å². The summed E-state index contributed by atoms with van der Waals surface area (Å²) < 4.78 is 5.51. The highest BCUT2D eigenvalue weighted by atomic mass is 79.9. The molecule has 2 amide bonds. The minimum absolute atomic E-state index is 0.0455. The van der Waals surface area contributed by atoms with Crippen molar-refractivity contribution < 1.29 is 19.4 Å². The lowest BCUT2D eigenvalue weighted by Gasteiger charge is -2.25. The lowest BCUT2D eigenvalue weighted by Crippen LogP contribution is -2.31. The predicted molar refractivity (Wildman–Crippen MR) is 92.2 cm³/mol. The number of phenols is 1. The van der Waals surface area contributed by atoms with Crippen LogP contribution in [-0.2, 0) is 9.59 Å². The summed E-state index contributed by atoms with van der Waals surface area (Å²) in [7, 11) is 1.41. The number of carbonyl (C=O) groups excluding carboxylic acids is 2. The first kappa shape index (κ1) is 18.2. The molecule has 2 rings (SSSR count). The second-order valence-corrected chi connectivity index (χ2v) is 6.81. The van der Waals surface area contributed by atoms with E-state index < -0.39 is 11.8 Å². The van der Waals surface area contributed by atoms with Crippen molar-refractivity contribution in [1.29, 1.82) is 5.26 Å². The monoisotopic (exact) mass is 411 g/mol. The van der Waals surface area contributed by atoms with Gasteiger partial charge in [-0.1, -0.05) is 11.8 Å². The number of hydrogen-bond acceptors (Lipinski definition) is 6. The number of allylic oxidation sites excluding steroid dienone is 1. The average molecular weight is 412 g/mol. The third-order valence-electron chi connectivity index (χ3n) is 3.39. The number of hydrogen-bond donors (Lipinski definition) is 3. The number of nitrogens with zero attached hydrogens (tertiary/aromatic N) is 1. The number of nitriles is 1. The van der Waals surface area contributed by atoms with Gasteiger partial charge in [0.1, 0.15) is 0 Å². The number of ether oxygens (including phenoxy) is 1. The Morgan fingerprint density at radius 3 is 2.92 bits per heavy atom. The molecule has 0 aromatic heterocycles. The highest BCUT2D eigenvalue weighted by Gasteiger charge is 2.30. The van der Waals surface area contributed by atoms with E-state index in [1.54, 1.807) is 12.1 Å². The number of rotatable bonds is 5. The van der Waals surface area contributed by atoms with Gasteiger partial charge in [-0.25, -0.2) is 0 Å². The third-order valence-corrected chi connectivity index (χ3v) is 5.03. The molecule has 0 radical (unpaired) electrons. The van der Waals surface area contributed by atoms with Gasteiger partial charge < -0.3 is 20.9 Å². The maximum Gasteiger partial charge on any atom is 0.227 e. The van der Waals surface area contributed by atoms with Crippen LogP contribution in [0.4, 0.5) is 0 Å². The summed E-state index contributed by atoms with van der Waals surface area (Å²) in [6.07, 6.45) is 0.0733. The van der Waals surface area contributed by atoms with Gasteiger partial charge >= 0.3 is 0 Å². The van der Waals surface area contributed by atoms with Crippen molar-refractivity contribution in [2.75, 3.05) is 12.9 Å². The number of nitrogens with one attached hydrogen (secondary N) is 1. The quantitative estimate of drug-likeness (QED) is 0.676. The number of benzene rings is 1. The van der Waals surface area contributed by atoms with E-state index in [1.165, 1.54) is 7.11 Å². The Bertz CT molecular complexity index is 773. The SMILES string of the molecule is COc1cc([C@H]2CC(=O)NC(SCC(N)=O)=C2C#N)cc(Br)c1O. The number of methoxy groups -OCH3 is 1. The van der Waals surface area contributed by atoms with Crippen LogP contribution >= 0.6 is 27.7 Å². The molecule has 0 aliphatic carbocycles. The summed E-state index contributed by atoms with van der Waals surface area (Å²) in [5, 5.41) is 22.4. The molecule has 24 heavy (non-hydrogen) atoms. The minimum Gasteiger partial charge on any atom is -0.503 e. The maximum atomic E-state index is 12.0. The van der Waals surface area contributed by atoms with E-state index in [1.807, 2.05) is 0 Å². The molecule has 0 fully saturated rings. The van der Waals surface area contributed by atoms with Gasteiger partial charge in [0.05, 0.1) is 34.0 Å². The van der Waals surface area contributed by atoms with Crippen molar-refractivity contribution in [1.82, 2.24) is 5.32 Å². The smallest absolute Gasteiger partial charge is 0.227 e. The zero-order valence-electron chi connectivity index (χ0n) is 12.6. The standard InChI is InChI=1S/C15H14BrN3O4S/c1-23-11-3-7(2-10(16)14(11)22)8-4-13(21)19-15(9(8)5-17)24-6-12(18)20/h2-3,8,22H,4,6H2,1H3,(H2,18,20)(H,19,21)/t8-/m1/s1. The zero-order valence-corrected chi connectivity index (χ0v) is 15.0. The molecule has 1 aromatic carbocycles. The topological polar surface area (TPSA) is 125 Å². The first-order valence-corrected chi connectivity index (χ1v) is 8.56. The van der Waals surface area contributed by atoms with Crippen molar-refractivity contribution in [3.63, 3.8) is 0 Å². The van der Waals surface area contributed by atoms with Gasteiger partial charge in [0, 0.05) is 12.3 Å². The van der Waals surface area contributed by atoms with E-state index in [0.717, 1.165) is 11.8 Å². The van der Waals surface area contributed by atoms with Crippen LogP contribution in [0.1, 0.15) is 17.9 Å². The molecule has 1 aromatic rings. The Kier molecular flexibility index (Phi) is 5.75. The van der Waals surface area contributed by atoms with Crippen LogP contribution in [0.2, 0.25) is 0 Å². The van der Waals surface area contributed by atoms with Crippen molar-refractivity contribution in [3.8, 4) is 17.6 Å². The molecule has 1 aliphatic rings. The summed E-state index contributed by atoms with van der Waals surface area (Å²) in [6, 6.07) is 5.31. The van der Waals surface area contributed by atoms with E-state index in [-0.39, 0.29) is 29.6 Å². The molecule has 0 unspecified atom stereocenters. The van der Waals surface area contributed by atoms with Crippen LogP contribution < -0.4 is 15.8 Å². The molecule has 0 spiro atoms. The van der Waals surface area contributed by atoms with Gasteiger partial charge in [-0.2, -0.15) is 5.26 Å². The van der Waals surface area contributed by atoms with Gasteiger partial charge in [0.25, 0.3) is 0 Å². The highest BCUT2D eigenvalue weighted by molar-refractivity contribution is 9.10. The molecule has 7 nitrogen and oxygen atoms in total. The summed E-state index contributed by atoms with van der Waals surface area (Å²) in [5.74, 6) is -1.20. The maximum absolute atomic E-state index is 12.0. The summed E-state index contributed by atoms with van der Waals surface area (Å²) in [5.41, 5.74) is 6.10. The number of carbonyl (C=O) groups is 2. The number of amides is 2. The number of primary amides is 1. The van der Waals surface area contributed by atoms with Crippen molar-refractivity contribution in [2.45, 2.75) is 12.3 Å². The predicted octanol–water partition coefficient (Wildman–Crippen LogP) is 1.72. The first-order chi connectivity index (χ1) is 11.4. The molecule has 1 atom stereocenters. The molecule has 4 N–H and O–H groups in total. The van der Waals surface area contributed by atoms with Gasteiger partial charge in [-0.05, 0) is 33.6 Å². The number of halogens is 1. The summed E-state index contributed by atoms with van der Waals surface area (Å²) in [4.78, 5) is 23.0. The summed E-state index contributed by atoms with van der Waals surface area (Å²) in [6.45, 7) is 0. The molecule has 0 bridgehead atoms. The van der Waals surface area contributed by atoms with Crippen LogP contribution in [0.3, 0.4) is 0 Å². The van der Waals surface area contributed by atoms with Crippen LogP contribution in [0, 0.1) is 11.3 Å².